The Kier molecular flexibility index (Phi) is 4.08. The second-order valence-corrected chi connectivity index (χ2v) is 6.60. The second-order valence-electron chi connectivity index (χ2n) is 5.08. The summed E-state index contributed by atoms with van der Waals surface area (Å²) in [7, 11) is 1.80. The molecule has 1 aliphatic carbocycles. The lowest BCUT2D eigenvalue weighted by molar-refractivity contribution is 0.107. The molecule has 2 nitrogen and oxygen atoms in total. The van der Waals surface area contributed by atoms with E-state index in [9.17, 15) is 0 Å². The predicted molar refractivity (Wildman–Crippen MR) is 82.1 cm³/mol. The first-order valence-electron chi connectivity index (χ1n) is 6.70. The van der Waals surface area contributed by atoms with Crippen molar-refractivity contribution >= 4 is 33.0 Å². The fraction of sp³-hybridized carbons (Fsp3) is 0.467. The zero-order valence-electron chi connectivity index (χ0n) is 11.0. The summed E-state index contributed by atoms with van der Waals surface area (Å²) in [6.07, 6.45) is 3.89. The summed E-state index contributed by atoms with van der Waals surface area (Å²) in [5.74, 6) is 0. The van der Waals surface area contributed by atoms with Gasteiger partial charge in [0.05, 0.1) is 11.1 Å². The maximum Gasteiger partial charge on any atom is 0.0636 e. The van der Waals surface area contributed by atoms with Crippen molar-refractivity contribution in [2.24, 2.45) is 0 Å². The van der Waals surface area contributed by atoms with Crippen LogP contribution in [-0.4, -0.2) is 19.3 Å². The van der Waals surface area contributed by atoms with E-state index in [1.165, 1.54) is 21.4 Å². The Balaban J connectivity index is 1.67. The monoisotopic (exact) mass is 295 g/mol. The van der Waals surface area contributed by atoms with Crippen LogP contribution in [0.3, 0.4) is 0 Å². The average Bonchev–Trinajstić information content (AvgIpc) is 3.02. The summed E-state index contributed by atoms with van der Waals surface area (Å²) in [6, 6.07) is 8.89. The Morgan fingerprint density at radius 2 is 2.21 bits per heavy atom. The third-order valence-corrected chi connectivity index (χ3v) is 5.59. The maximum atomic E-state index is 6.44. The number of fused-ring (bicyclic) bond motifs is 1. The van der Waals surface area contributed by atoms with Gasteiger partial charge < -0.3 is 10.1 Å². The highest BCUT2D eigenvalue weighted by atomic mass is 35.5. The van der Waals surface area contributed by atoms with Crippen molar-refractivity contribution in [3.8, 4) is 0 Å². The molecule has 1 aromatic heterocycles. The van der Waals surface area contributed by atoms with E-state index in [1.807, 2.05) is 6.07 Å². The first-order valence-corrected chi connectivity index (χ1v) is 7.89. The number of thiophene rings is 1. The second kappa shape index (κ2) is 5.80. The van der Waals surface area contributed by atoms with Gasteiger partial charge in [-0.05, 0) is 25.3 Å². The average molecular weight is 296 g/mol. The summed E-state index contributed by atoms with van der Waals surface area (Å²) in [4.78, 5) is 1.24. The molecule has 1 aliphatic rings. The molecular weight excluding hydrogens is 278 g/mol. The molecule has 2 unspecified atom stereocenters. The molecule has 1 heterocycles. The minimum Gasteiger partial charge on any atom is -0.381 e. The summed E-state index contributed by atoms with van der Waals surface area (Å²) < 4.78 is 6.67. The number of ether oxygens (including phenoxy) is 1. The van der Waals surface area contributed by atoms with E-state index in [0.717, 1.165) is 24.4 Å². The molecule has 3 rings (SSSR count). The van der Waals surface area contributed by atoms with Crippen LogP contribution in [-0.2, 0) is 11.3 Å². The number of halogens is 1. The van der Waals surface area contributed by atoms with Crippen LogP contribution >= 0.6 is 22.9 Å². The van der Waals surface area contributed by atoms with Crippen molar-refractivity contribution in [2.75, 3.05) is 7.11 Å². The van der Waals surface area contributed by atoms with E-state index in [4.69, 9.17) is 16.3 Å². The van der Waals surface area contributed by atoms with E-state index in [2.05, 4.69) is 23.5 Å². The van der Waals surface area contributed by atoms with Crippen molar-refractivity contribution in [2.45, 2.75) is 38.0 Å². The summed E-state index contributed by atoms with van der Waals surface area (Å²) >= 11 is 8.23. The molecule has 4 heteroatoms. The molecule has 0 amide bonds. The molecule has 0 spiro atoms. The van der Waals surface area contributed by atoms with Crippen LogP contribution in [0, 0.1) is 0 Å². The van der Waals surface area contributed by atoms with E-state index in [-0.39, 0.29) is 0 Å². The Hall–Kier alpha value is -0.610. The van der Waals surface area contributed by atoms with Gasteiger partial charge in [0.1, 0.15) is 0 Å². The molecule has 1 fully saturated rings. The number of benzene rings is 1. The first-order chi connectivity index (χ1) is 9.28. The molecule has 2 atom stereocenters. The van der Waals surface area contributed by atoms with Gasteiger partial charge in [-0.1, -0.05) is 29.8 Å². The molecule has 0 bridgehead atoms. The third-order valence-electron chi connectivity index (χ3n) is 3.87. The van der Waals surface area contributed by atoms with Gasteiger partial charge in [-0.25, -0.2) is 0 Å². The fourth-order valence-corrected chi connectivity index (χ4v) is 4.21. The van der Waals surface area contributed by atoms with Crippen LogP contribution in [0.4, 0.5) is 0 Å². The summed E-state index contributed by atoms with van der Waals surface area (Å²) in [5, 5.41) is 5.69. The Morgan fingerprint density at radius 1 is 1.37 bits per heavy atom. The standard InChI is InChI=1S/C15H18ClNOS/c1-18-11-7-6-10(8-11)17-9-14-15(16)12-4-2-3-5-13(12)19-14/h2-5,10-11,17H,6-9H2,1H3. The lowest BCUT2D eigenvalue weighted by Gasteiger charge is -2.12. The SMILES string of the molecule is COC1CCC(NCc2sc3ccccc3c2Cl)C1. The molecule has 102 valence electrons. The normalized spacial score (nSPS) is 23.3. The van der Waals surface area contributed by atoms with Gasteiger partial charge in [0, 0.05) is 34.7 Å². The summed E-state index contributed by atoms with van der Waals surface area (Å²) in [5.41, 5.74) is 0. The van der Waals surface area contributed by atoms with Crippen LogP contribution in [0.1, 0.15) is 24.1 Å². The molecule has 1 saturated carbocycles. The highest BCUT2D eigenvalue weighted by Crippen LogP contribution is 2.35. The van der Waals surface area contributed by atoms with Crippen molar-refractivity contribution < 1.29 is 4.74 Å². The molecule has 0 aliphatic heterocycles. The van der Waals surface area contributed by atoms with E-state index in [0.29, 0.717) is 12.1 Å². The lowest BCUT2D eigenvalue weighted by Crippen LogP contribution is -2.26. The minimum atomic E-state index is 0.426. The molecule has 1 N–H and O–H groups in total. The van der Waals surface area contributed by atoms with Gasteiger partial charge in [-0.2, -0.15) is 0 Å². The number of hydrogen-bond acceptors (Lipinski definition) is 3. The van der Waals surface area contributed by atoms with Gasteiger partial charge in [0.2, 0.25) is 0 Å². The van der Waals surface area contributed by atoms with Crippen molar-refractivity contribution in [3.05, 3.63) is 34.2 Å². The van der Waals surface area contributed by atoms with Crippen LogP contribution in [0.5, 0.6) is 0 Å². The van der Waals surface area contributed by atoms with Gasteiger partial charge in [0.25, 0.3) is 0 Å². The molecule has 19 heavy (non-hydrogen) atoms. The lowest BCUT2D eigenvalue weighted by atomic mass is 10.2. The zero-order chi connectivity index (χ0) is 13.2. The largest absolute Gasteiger partial charge is 0.381 e. The van der Waals surface area contributed by atoms with Gasteiger partial charge in [0.15, 0.2) is 0 Å². The minimum absolute atomic E-state index is 0.426. The molecular formula is C15H18ClNOS. The summed E-state index contributed by atoms with van der Waals surface area (Å²) in [6.45, 7) is 0.860. The maximum absolute atomic E-state index is 6.44. The topological polar surface area (TPSA) is 21.3 Å². The van der Waals surface area contributed by atoms with E-state index in [1.54, 1.807) is 18.4 Å². The Bertz CT molecular complexity index is 568. The molecule has 2 aromatic rings. The van der Waals surface area contributed by atoms with Crippen molar-refractivity contribution in [3.63, 3.8) is 0 Å². The fourth-order valence-electron chi connectivity index (χ4n) is 2.76. The van der Waals surface area contributed by atoms with Crippen LogP contribution in [0.15, 0.2) is 24.3 Å². The number of hydrogen-bond donors (Lipinski definition) is 1. The van der Waals surface area contributed by atoms with E-state index >= 15 is 0 Å². The van der Waals surface area contributed by atoms with E-state index < -0.39 is 0 Å². The van der Waals surface area contributed by atoms with Crippen molar-refractivity contribution in [1.82, 2.24) is 5.32 Å². The number of rotatable bonds is 4. The Morgan fingerprint density at radius 3 is 2.95 bits per heavy atom. The van der Waals surface area contributed by atoms with Gasteiger partial charge in [-0.15, -0.1) is 11.3 Å². The highest BCUT2D eigenvalue weighted by Gasteiger charge is 2.24. The predicted octanol–water partition coefficient (Wildman–Crippen LogP) is 4.21. The quantitative estimate of drug-likeness (QED) is 0.912. The highest BCUT2D eigenvalue weighted by molar-refractivity contribution is 7.19. The zero-order valence-corrected chi connectivity index (χ0v) is 12.6. The van der Waals surface area contributed by atoms with Crippen LogP contribution in [0.2, 0.25) is 5.02 Å². The number of nitrogens with one attached hydrogen (secondary N) is 1. The molecule has 0 radical (unpaired) electrons. The van der Waals surface area contributed by atoms with Gasteiger partial charge >= 0.3 is 0 Å². The Labute approximate surface area is 122 Å². The van der Waals surface area contributed by atoms with Crippen LogP contribution in [0.25, 0.3) is 10.1 Å². The molecule has 0 saturated heterocycles. The third kappa shape index (κ3) is 2.79. The van der Waals surface area contributed by atoms with Crippen molar-refractivity contribution in [1.29, 1.82) is 0 Å². The smallest absolute Gasteiger partial charge is 0.0636 e. The molecule has 1 aromatic carbocycles. The van der Waals surface area contributed by atoms with Gasteiger partial charge in [-0.3, -0.25) is 0 Å². The number of methoxy groups -OCH3 is 1. The van der Waals surface area contributed by atoms with Crippen LogP contribution < -0.4 is 5.32 Å². The first kappa shape index (κ1) is 13.4.